The van der Waals surface area contributed by atoms with Gasteiger partial charge in [0.05, 0.1) is 6.54 Å². The number of piperidine rings is 1. The zero-order valence-corrected chi connectivity index (χ0v) is 12.8. The highest BCUT2D eigenvalue weighted by molar-refractivity contribution is 6.30. The summed E-state index contributed by atoms with van der Waals surface area (Å²) in [5.74, 6) is 0.227. The Morgan fingerprint density at radius 3 is 2.80 bits per heavy atom. The summed E-state index contributed by atoms with van der Waals surface area (Å²) < 4.78 is 0. The molecule has 0 radical (unpaired) electrons. The molecular weight excluding hydrogens is 272 g/mol. The summed E-state index contributed by atoms with van der Waals surface area (Å²) >= 11 is 5.85. The van der Waals surface area contributed by atoms with Gasteiger partial charge in [0.15, 0.2) is 0 Å². The van der Waals surface area contributed by atoms with Gasteiger partial charge in [0.1, 0.15) is 0 Å². The highest BCUT2D eigenvalue weighted by atomic mass is 35.5. The number of benzene rings is 1. The number of likely N-dealkylation sites (tertiary alicyclic amines) is 1. The Labute approximate surface area is 126 Å². The molecule has 3 nitrogen and oxygen atoms in total. The third kappa shape index (κ3) is 4.22. The SMILES string of the molecule is CCC1CCCCN1C(=O)CNCc1ccc(Cl)cc1. The van der Waals surface area contributed by atoms with Gasteiger partial charge < -0.3 is 10.2 Å². The Bertz CT molecular complexity index is 433. The number of carbonyl (C=O) groups excluding carboxylic acids is 1. The summed E-state index contributed by atoms with van der Waals surface area (Å²) in [6.07, 6.45) is 4.60. The van der Waals surface area contributed by atoms with E-state index in [1.54, 1.807) is 0 Å². The van der Waals surface area contributed by atoms with Crippen molar-refractivity contribution in [3.05, 3.63) is 34.9 Å². The topological polar surface area (TPSA) is 32.3 Å². The largest absolute Gasteiger partial charge is 0.339 e. The van der Waals surface area contributed by atoms with Crippen LogP contribution in [0.4, 0.5) is 0 Å². The van der Waals surface area contributed by atoms with Gasteiger partial charge in [-0.15, -0.1) is 0 Å². The molecule has 1 heterocycles. The van der Waals surface area contributed by atoms with E-state index < -0.39 is 0 Å². The minimum atomic E-state index is 0.227. The molecule has 4 heteroatoms. The lowest BCUT2D eigenvalue weighted by atomic mass is 10.00. The molecule has 1 N–H and O–H groups in total. The maximum atomic E-state index is 12.3. The number of rotatable bonds is 5. The van der Waals surface area contributed by atoms with Crippen LogP contribution in [0.3, 0.4) is 0 Å². The van der Waals surface area contributed by atoms with Crippen LogP contribution in [-0.2, 0) is 11.3 Å². The number of nitrogens with one attached hydrogen (secondary N) is 1. The van der Waals surface area contributed by atoms with Gasteiger partial charge in [0.2, 0.25) is 5.91 Å². The third-order valence-corrected chi connectivity index (χ3v) is 4.19. The van der Waals surface area contributed by atoms with Crippen LogP contribution in [0.25, 0.3) is 0 Å². The lowest BCUT2D eigenvalue weighted by Gasteiger charge is -2.35. The van der Waals surface area contributed by atoms with Crippen molar-refractivity contribution in [3.8, 4) is 0 Å². The molecular formula is C16H23ClN2O. The lowest BCUT2D eigenvalue weighted by Crippen LogP contribution is -2.46. The van der Waals surface area contributed by atoms with E-state index in [2.05, 4.69) is 17.1 Å². The number of hydrogen-bond donors (Lipinski definition) is 1. The number of nitrogens with zero attached hydrogens (tertiary/aromatic N) is 1. The molecule has 1 aromatic rings. The fraction of sp³-hybridized carbons (Fsp3) is 0.562. The molecule has 1 fully saturated rings. The Kier molecular flexibility index (Phi) is 5.86. The molecule has 2 rings (SSSR count). The molecule has 1 aliphatic rings. The minimum absolute atomic E-state index is 0.227. The van der Waals surface area contributed by atoms with Crippen molar-refractivity contribution < 1.29 is 4.79 Å². The molecule has 1 aromatic carbocycles. The van der Waals surface area contributed by atoms with Gasteiger partial charge in [0, 0.05) is 24.2 Å². The molecule has 0 saturated carbocycles. The quantitative estimate of drug-likeness (QED) is 0.904. The van der Waals surface area contributed by atoms with Crippen LogP contribution < -0.4 is 5.32 Å². The van der Waals surface area contributed by atoms with Crippen LogP contribution in [0.2, 0.25) is 5.02 Å². The van der Waals surface area contributed by atoms with Gasteiger partial charge >= 0.3 is 0 Å². The molecule has 1 saturated heterocycles. The molecule has 1 unspecified atom stereocenters. The minimum Gasteiger partial charge on any atom is -0.339 e. The first-order valence-corrected chi connectivity index (χ1v) is 7.83. The van der Waals surface area contributed by atoms with Crippen LogP contribution >= 0.6 is 11.6 Å². The predicted molar refractivity (Wildman–Crippen MR) is 82.8 cm³/mol. The first kappa shape index (κ1) is 15.3. The van der Waals surface area contributed by atoms with Crippen molar-refractivity contribution in [2.75, 3.05) is 13.1 Å². The van der Waals surface area contributed by atoms with Crippen molar-refractivity contribution in [2.24, 2.45) is 0 Å². The Morgan fingerprint density at radius 1 is 1.35 bits per heavy atom. The van der Waals surface area contributed by atoms with Gasteiger partial charge in [-0.05, 0) is 43.4 Å². The molecule has 20 heavy (non-hydrogen) atoms. The summed E-state index contributed by atoms with van der Waals surface area (Å²) in [5.41, 5.74) is 1.15. The Balaban J connectivity index is 1.78. The van der Waals surface area contributed by atoms with Gasteiger partial charge in [-0.3, -0.25) is 4.79 Å². The summed E-state index contributed by atoms with van der Waals surface area (Å²) in [6, 6.07) is 8.15. The summed E-state index contributed by atoms with van der Waals surface area (Å²) in [4.78, 5) is 14.3. The van der Waals surface area contributed by atoms with Crippen LogP contribution in [0.5, 0.6) is 0 Å². The highest BCUT2D eigenvalue weighted by Gasteiger charge is 2.24. The molecule has 1 amide bonds. The van der Waals surface area contributed by atoms with E-state index >= 15 is 0 Å². The zero-order chi connectivity index (χ0) is 14.4. The summed E-state index contributed by atoms with van der Waals surface area (Å²) in [7, 11) is 0. The van der Waals surface area contributed by atoms with Gasteiger partial charge in [0.25, 0.3) is 0 Å². The first-order chi connectivity index (χ1) is 9.70. The predicted octanol–water partition coefficient (Wildman–Crippen LogP) is 3.22. The lowest BCUT2D eigenvalue weighted by molar-refractivity contribution is -0.134. The van der Waals surface area contributed by atoms with Crippen molar-refractivity contribution >= 4 is 17.5 Å². The smallest absolute Gasteiger partial charge is 0.236 e. The molecule has 0 spiro atoms. The average molecular weight is 295 g/mol. The maximum Gasteiger partial charge on any atom is 0.236 e. The molecule has 0 aliphatic carbocycles. The number of halogens is 1. The van der Waals surface area contributed by atoms with Crippen LogP contribution in [0, 0.1) is 0 Å². The highest BCUT2D eigenvalue weighted by Crippen LogP contribution is 2.19. The number of amides is 1. The van der Waals surface area contributed by atoms with Crippen molar-refractivity contribution in [2.45, 2.75) is 45.2 Å². The van der Waals surface area contributed by atoms with Crippen molar-refractivity contribution in [1.82, 2.24) is 10.2 Å². The van der Waals surface area contributed by atoms with Crippen LogP contribution in [0.1, 0.15) is 38.2 Å². The second-order valence-electron chi connectivity index (χ2n) is 5.38. The van der Waals surface area contributed by atoms with E-state index in [0.717, 1.165) is 36.4 Å². The first-order valence-electron chi connectivity index (χ1n) is 7.45. The molecule has 1 aliphatic heterocycles. The van der Waals surface area contributed by atoms with Crippen LogP contribution in [-0.4, -0.2) is 29.9 Å². The van der Waals surface area contributed by atoms with Gasteiger partial charge in [-0.25, -0.2) is 0 Å². The van der Waals surface area contributed by atoms with E-state index in [4.69, 9.17) is 11.6 Å². The van der Waals surface area contributed by atoms with E-state index in [1.165, 1.54) is 6.42 Å². The second kappa shape index (κ2) is 7.65. The molecule has 0 aromatic heterocycles. The van der Waals surface area contributed by atoms with Gasteiger partial charge in [-0.1, -0.05) is 30.7 Å². The van der Waals surface area contributed by atoms with E-state index in [0.29, 0.717) is 19.1 Å². The van der Waals surface area contributed by atoms with E-state index in [9.17, 15) is 4.79 Å². The fourth-order valence-electron chi connectivity index (χ4n) is 2.77. The third-order valence-electron chi connectivity index (χ3n) is 3.94. The van der Waals surface area contributed by atoms with E-state index in [1.807, 2.05) is 24.3 Å². The second-order valence-corrected chi connectivity index (χ2v) is 5.81. The Hall–Kier alpha value is -1.06. The summed E-state index contributed by atoms with van der Waals surface area (Å²) in [6.45, 7) is 4.20. The number of hydrogen-bond acceptors (Lipinski definition) is 2. The molecule has 0 bridgehead atoms. The normalized spacial score (nSPS) is 19.1. The van der Waals surface area contributed by atoms with Crippen molar-refractivity contribution in [1.29, 1.82) is 0 Å². The zero-order valence-electron chi connectivity index (χ0n) is 12.1. The summed E-state index contributed by atoms with van der Waals surface area (Å²) in [5, 5.41) is 3.97. The van der Waals surface area contributed by atoms with E-state index in [-0.39, 0.29) is 5.91 Å². The van der Waals surface area contributed by atoms with Gasteiger partial charge in [-0.2, -0.15) is 0 Å². The van der Waals surface area contributed by atoms with Crippen LogP contribution in [0.15, 0.2) is 24.3 Å². The molecule has 110 valence electrons. The fourth-order valence-corrected chi connectivity index (χ4v) is 2.90. The number of carbonyl (C=O) groups is 1. The maximum absolute atomic E-state index is 12.3. The molecule has 1 atom stereocenters. The van der Waals surface area contributed by atoms with Crippen molar-refractivity contribution in [3.63, 3.8) is 0 Å². The average Bonchev–Trinajstić information content (AvgIpc) is 2.49. The monoisotopic (exact) mass is 294 g/mol. The Morgan fingerprint density at radius 2 is 2.10 bits per heavy atom. The standard InChI is InChI=1S/C16H23ClN2O/c1-2-15-5-3-4-10-19(15)16(20)12-18-11-13-6-8-14(17)9-7-13/h6-9,15,18H,2-5,10-12H2,1H3.